The van der Waals surface area contributed by atoms with Crippen molar-refractivity contribution in [3.63, 3.8) is 0 Å². The van der Waals surface area contributed by atoms with Gasteiger partial charge in [0.25, 0.3) is 11.8 Å². The Hall–Kier alpha value is -4.04. The van der Waals surface area contributed by atoms with E-state index in [0.29, 0.717) is 17.0 Å². The van der Waals surface area contributed by atoms with Crippen molar-refractivity contribution in [3.05, 3.63) is 77.9 Å². The second-order valence-electron chi connectivity index (χ2n) is 10.9. The highest BCUT2D eigenvalue weighted by Crippen LogP contribution is 2.35. The molecule has 3 amide bonds. The second kappa shape index (κ2) is 11.4. The minimum absolute atomic E-state index is 0.0238. The first kappa shape index (κ1) is 27.1. The zero-order valence-electron chi connectivity index (χ0n) is 23.3. The van der Waals surface area contributed by atoms with Crippen LogP contribution in [0.4, 0.5) is 5.69 Å². The number of ether oxygens (including phenoxy) is 1. The maximum absolute atomic E-state index is 14.0. The van der Waals surface area contributed by atoms with Gasteiger partial charge in [0.1, 0.15) is 16.8 Å². The summed E-state index contributed by atoms with van der Waals surface area (Å²) in [5.74, 6) is -0.292. The zero-order valence-corrected chi connectivity index (χ0v) is 24.2. The number of hydrogen-bond donors (Lipinski definition) is 0. The Morgan fingerprint density at radius 2 is 1.73 bits per heavy atom. The molecule has 41 heavy (non-hydrogen) atoms. The second-order valence-corrected chi connectivity index (χ2v) is 11.9. The van der Waals surface area contributed by atoms with Crippen molar-refractivity contribution in [2.24, 2.45) is 0 Å². The molecule has 210 valence electrons. The molecule has 1 saturated carbocycles. The number of amides is 3. The molecule has 3 aromatic carbocycles. The van der Waals surface area contributed by atoms with E-state index in [-0.39, 0.29) is 30.2 Å². The number of thiazole rings is 1. The van der Waals surface area contributed by atoms with E-state index >= 15 is 0 Å². The number of methoxy groups -OCH3 is 1. The number of imide groups is 1. The van der Waals surface area contributed by atoms with Gasteiger partial charge in [-0.1, -0.05) is 37.8 Å². The Morgan fingerprint density at radius 1 is 0.976 bits per heavy atom. The summed E-state index contributed by atoms with van der Waals surface area (Å²) in [5.41, 5.74) is 4.04. The molecular weight excluding hydrogens is 534 g/mol. The van der Waals surface area contributed by atoms with Crippen molar-refractivity contribution in [1.82, 2.24) is 9.88 Å². The van der Waals surface area contributed by atoms with Crippen LogP contribution in [0.1, 0.15) is 60.9 Å². The lowest BCUT2D eigenvalue weighted by Crippen LogP contribution is -2.50. The van der Waals surface area contributed by atoms with Crippen molar-refractivity contribution < 1.29 is 19.1 Å². The number of aryl methyl sites for hydroxylation is 1. The summed E-state index contributed by atoms with van der Waals surface area (Å²) in [5, 5.41) is 0.887. The van der Waals surface area contributed by atoms with Crippen LogP contribution in [0.2, 0.25) is 0 Å². The molecule has 7 nitrogen and oxygen atoms in total. The van der Waals surface area contributed by atoms with Gasteiger partial charge in [0, 0.05) is 17.2 Å². The zero-order chi connectivity index (χ0) is 28.5. The molecule has 1 aromatic heterocycles. The lowest BCUT2D eigenvalue weighted by molar-refractivity contribution is -0.123. The van der Waals surface area contributed by atoms with E-state index in [1.165, 1.54) is 10.5 Å². The van der Waals surface area contributed by atoms with Gasteiger partial charge in [-0.3, -0.25) is 14.4 Å². The molecule has 2 heterocycles. The first-order chi connectivity index (χ1) is 19.9. The topological polar surface area (TPSA) is 79.8 Å². The van der Waals surface area contributed by atoms with E-state index in [0.717, 1.165) is 59.3 Å². The average Bonchev–Trinajstić information content (AvgIpc) is 3.40. The molecule has 1 saturated heterocycles. The minimum Gasteiger partial charge on any atom is -0.497 e. The summed E-state index contributed by atoms with van der Waals surface area (Å²) in [6.07, 6.45) is 5.85. The predicted octanol–water partition coefficient (Wildman–Crippen LogP) is 6.78. The third kappa shape index (κ3) is 5.36. The lowest BCUT2D eigenvalue weighted by Gasteiger charge is -2.35. The van der Waals surface area contributed by atoms with Gasteiger partial charge in [0.05, 0.1) is 29.4 Å². The lowest BCUT2D eigenvalue weighted by atomic mass is 10.0. The van der Waals surface area contributed by atoms with Crippen molar-refractivity contribution in [3.8, 4) is 16.3 Å². The van der Waals surface area contributed by atoms with Crippen LogP contribution < -0.4 is 9.64 Å². The van der Waals surface area contributed by atoms with E-state index in [1.54, 1.807) is 59.7 Å². The van der Waals surface area contributed by atoms with E-state index < -0.39 is 6.04 Å². The third-order valence-corrected chi connectivity index (χ3v) is 9.21. The SMILES string of the molecule is COc1cccc(C(=O)N(C2CCCCCC2)C2CC(=O)N(c3ccc(-c4nc5ccc(C)cc5s4)cc3)C2=O)c1. The standard InChI is InChI=1S/C33H33N3O4S/c1-21-12-17-27-29(18-21)41-31(34-27)22-13-15-25(16-14-22)36-30(37)20-28(33(36)39)35(24-9-5-3-4-6-10-24)32(38)23-8-7-11-26(19-23)40-2/h7-8,11-19,24,28H,3-6,9-10,20H2,1-2H3. The Bertz CT molecular complexity index is 1600. The molecule has 4 aromatic rings. The molecule has 8 heteroatoms. The molecule has 0 radical (unpaired) electrons. The number of hydrogen-bond acceptors (Lipinski definition) is 6. The number of fused-ring (bicyclic) bond motifs is 1. The van der Waals surface area contributed by atoms with Crippen molar-refractivity contribution in [2.45, 2.75) is 64.0 Å². The third-order valence-electron chi connectivity index (χ3n) is 8.14. The molecule has 0 N–H and O–H groups in total. The van der Waals surface area contributed by atoms with Gasteiger partial charge in [-0.15, -0.1) is 11.3 Å². The van der Waals surface area contributed by atoms with E-state index in [2.05, 4.69) is 13.0 Å². The summed E-state index contributed by atoms with van der Waals surface area (Å²) in [6, 6.07) is 19.7. The molecule has 1 aliphatic carbocycles. The van der Waals surface area contributed by atoms with Crippen LogP contribution in [0.3, 0.4) is 0 Å². The molecule has 2 aliphatic rings. The number of benzene rings is 3. The number of aromatic nitrogens is 1. The highest BCUT2D eigenvalue weighted by molar-refractivity contribution is 7.21. The highest BCUT2D eigenvalue weighted by atomic mass is 32.1. The normalized spacial score (nSPS) is 18.1. The maximum Gasteiger partial charge on any atom is 0.257 e. The summed E-state index contributed by atoms with van der Waals surface area (Å²) in [4.78, 5) is 49.0. The number of nitrogens with zero attached hydrogens (tertiary/aromatic N) is 3. The quantitative estimate of drug-likeness (QED) is 0.190. The Balaban J connectivity index is 1.29. The average molecular weight is 568 g/mol. The van der Waals surface area contributed by atoms with Crippen LogP contribution in [0.15, 0.2) is 66.7 Å². The Morgan fingerprint density at radius 3 is 2.46 bits per heavy atom. The van der Waals surface area contributed by atoms with Gasteiger partial charge in [-0.25, -0.2) is 9.88 Å². The van der Waals surface area contributed by atoms with E-state index in [1.807, 2.05) is 24.3 Å². The number of rotatable bonds is 6. The van der Waals surface area contributed by atoms with Gasteiger partial charge >= 0.3 is 0 Å². The van der Waals surface area contributed by atoms with Crippen LogP contribution >= 0.6 is 11.3 Å². The van der Waals surface area contributed by atoms with Gasteiger partial charge in [0.2, 0.25) is 5.91 Å². The first-order valence-electron chi connectivity index (χ1n) is 14.2. The molecular formula is C33H33N3O4S. The fraction of sp³-hybridized carbons (Fsp3) is 0.333. The largest absolute Gasteiger partial charge is 0.497 e. The minimum atomic E-state index is -0.837. The first-order valence-corrected chi connectivity index (χ1v) is 15.1. The maximum atomic E-state index is 14.0. The van der Waals surface area contributed by atoms with Crippen LogP contribution in [0, 0.1) is 6.92 Å². The molecule has 6 rings (SSSR count). The summed E-state index contributed by atoms with van der Waals surface area (Å²) in [6.45, 7) is 2.06. The van der Waals surface area contributed by atoms with Crippen molar-refractivity contribution >= 4 is 45.0 Å². The van der Waals surface area contributed by atoms with Crippen LogP contribution in [-0.4, -0.2) is 46.8 Å². The van der Waals surface area contributed by atoms with Crippen LogP contribution in [0.5, 0.6) is 5.75 Å². The van der Waals surface area contributed by atoms with Gasteiger partial charge in [0.15, 0.2) is 0 Å². The van der Waals surface area contributed by atoms with Crippen molar-refractivity contribution in [1.29, 1.82) is 0 Å². The Kier molecular flexibility index (Phi) is 7.58. The van der Waals surface area contributed by atoms with Crippen molar-refractivity contribution in [2.75, 3.05) is 12.0 Å². The number of carbonyl (C=O) groups excluding carboxylic acids is 3. The highest BCUT2D eigenvalue weighted by Gasteiger charge is 2.46. The summed E-state index contributed by atoms with van der Waals surface area (Å²) < 4.78 is 6.47. The summed E-state index contributed by atoms with van der Waals surface area (Å²) in [7, 11) is 1.56. The smallest absolute Gasteiger partial charge is 0.257 e. The molecule has 1 aliphatic heterocycles. The monoisotopic (exact) mass is 567 g/mol. The van der Waals surface area contributed by atoms with E-state index in [4.69, 9.17) is 9.72 Å². The van der Waals surface area contributed by atoms with E-state index in [9.17, 15) is 14.4 Å². The van der Waals surface area contributed by atoms with Gasteiger partial charge < -0.3 is 9.64 Å². The Labute approximate surface area is 243 Å². The molecule has 2 fully saturated rings. The van der Waals surface area contributed by atoms with Crippen LogP contribution in [0.25, 0.3) is 20.8 Å². The summed E-state index contributed by atoms with van der Waals surface area (Å²) >= 11 is 1.62. The molecule has 1 unspecified atom stereocenters. The fourth-order valence-electron chi connectivity index (χ4n) is 6.02. The van der Waals surface area contributed by atoms with Gasteiger partial charge in [-0.2, -0.15) is 0 Å². The van der Waals surface area contributed by atoms with Crippen LogP contribution in [-0.2, 0) is 9.59 Å². The molecule has 0 spiro atoms. The predicted molar refractivity (Wildman–Crippen MR) is 161 cm³/mol. The number of carbonyl (C=O) groups is 3. The number of anilines is 1. The molecule has 0 bridgehead atoms. The molecule has 1 atom stereocenters. The van der Waals surface area contributed by atoms with Gasteiger partial charge in [-0.05, 0) is 79.9 Å². The fourth-order valence-corrected chi connectivity index (χ4v) is 7.09.